The zero-order valence-corrected chi connectivity index (χ0v) is 8.45. The summed E-state index contributed by atoms with van der Waals surface area (Å²) in [5, 5.41) is 7.88. The third-order valence-corrected chi connectivity index (χ3v) is 2.67. The molecule has 2 rings (SSSR count). The van der Waals surface area contributed by atoms with Gasteiger partial charge in [0.05, 0.1) is 11.9 Å². The molecule has 0 amide bonds. The number of anilines is 1. The molecule has 3 heteroatoms. The number of piperidine rings is 1. The number of aryl methyl sites for hydroxylation is 1. The Hall–Kier alpha value is -1.38. The first-order valence-corrected chi connectivity index (χ1v) is 5.04. The van der Waals surface area contributed by atoms with Crippen LogP contribution in [0.2, 0.25) is 0 Å². The molecule has 0 unspecified atom stereocenters. The van der Waals surface area contributed by atoms with Gasteiger partial charge in [-0.2, -0.15) is 0 Å². The first-order chi connectivity index (χ1) is 6.79. The van der Waals surface area contributed by atoms with Gasteiger partial charge in [0, 0.05) is 19.2 Å². The van der Waals surface area contributed by atoms with E-state index in [2.05, 4.69) is 16.8 Å². The van der Waals surface area contributed by atoms with Gasteiger partial charge < -0.3 is 4.90 Å². The molecule has 0 saturated carbocycles. The number of aromatic nitrogens is 1. The van der Waals surface area contributed by atoms with Crippen molar-refractivity contribution in [2.24, 2.45) is 0 Å². The van der Waals surface area contributed by atoms with Gasteiger partial charge in [0.1, 0.15) is 5.84 Å². The van der Waals surface area contributed by atoms with Crippen molar-refractivity contribution in [3.63, 3.8) is 0 Å². The van der Waals surface area contributed by atoms with Crippen LogP contribution in [0.15, 0.2) is 18.5 Å². The van der Waals surface area contributed by atoms with Gasteiger partial charge in [0.15, 0.2) is 0 Å². The topological polar surface area (TPSA) is 40.0 Å². The molecule has 1 saturated heterocycles. The van der Waals surface area contributed by atoms with Crippen LogP contribution < -0.4 is 4.90 Å². The molecule has 1 aliphatic heterocycles. The largest absolute Gasteiger partial charge is 0.329 e. The SMILES string of the molecule is Cc1ccncc1N1CCCCC1=N. The molecule has 1 fully saturated rings. The van der Waals surface area contributed by atoms with Crippen molar-refractivity contribution >= 4 is 11.5 Å². The predicted molar refractivity (Wildman–Crippen MR) is 57.9 cm³/mol. The summed E-state index contributed by atoms with van der Waals surface area (Å²) >= 11 is 0. The lowest BCUT2D eigenvalue weighted by Crippen LogP contribution is -2.35. The van der Waals surface area contributed by atoms with E-state index in [1.165, 1.54) is 12.0 Å². The van der Waals surface area contributed by atoms with Gasteiger partial charge in [-0.05, 0) is 31.4 Å². The summed E-state index contributed by atoms with van der Waals surface area (Å²) < 4.78 is 0. The van der Waals surface area contributed by atoms with Gasteiger partial charge in [0.25, 0.3) is 0 Å². The van der Waals surface area contributed by atoms with Crippen LogP contribution in [0.3, 0.4) is 0 Å². The minimum Gasteiger partial charge on any atom is -0.329 e. The summed E-state index contributed by atoms with van der Waals surface area (Å²) in [5.74, 6) is 0.729. The standard InChI is InChI=1S/C11H15N3/c1-9-5-6-13-8-10(9)14-7-3-2-4-11(14)12/h5-6,8,12H,2-4,7H2,1H3. The summed E-state index contributed by atoms with van der Waals surface area (Å²) in [7, 11) is 0. The zero-order chi connectivity index (χ0) is 9.97. The molecule has 0 atom stereocenters. The van der Waals surface area contributed by atoms with Crippen LogP contribution in [-0.4, -0.2) is 17.4 Å². The summed E-state index contributed by atoms with van der Waals surface area (Å²) in [6.45, 7) is 3.03. The highest BCUT2D eigenvalue weighted by atomic mass is 15.2. The molecule has 1 aliphatic rings. The average molecular weight is 189 g/mol. The Morgan fingerprint density at radius 3 is 3.00 bits per heavy atom. The number of hydrogen-bond donors (Lipinski definition) is 1. The Bertz CT molecular complexity index is 346. The number of pyridine rings is 1. The number of rotatable bonds is 1. The van der Waals surface area contributed by atoms with Crippen molar-refractivity contribution in [3.05, 3.63) is 24.0 Å². The molecule has 1 aromatic rings. The van der Waals surface area contributed by atoms with Gasteiger partial charge >= 0.3 is 0 Å². The molecular weight excluding hydrogens is 174 g/mol. The van der Waals surface area contributed by atoms with E-state index in [-0.39, 0.29) is 0 Å². The van der Waals surface area contributed by atoms with E-state index in [1.807, 2.05) is 12.3 Å². The molecular formula is C11H15N3. The number of nitrogens with zero attached hydrogens (tertiary/aromatic N) is 2. The van der Waals surface area contributed by atoms with Crippen molar-refractivity contribution in [3.8, 4) is 0 Å². The summed E-state index contributed by atoms with van der Waals surface area (Å²) in [4.78, 5) is 6.19. The Morgan fingerprint density at radius 2 is 2.29 bits per heavy atom. The van der Waals surface area contributed by atoms with Crippen LogP contribution in [0.1, 0.15) is 24.8 Å². The lowest BCUT2D eigenvalue weighted by atomic mass is 10.1. The summed E-state index contributed by atoms with van der Waals surface area (Å²) in [5.41, 5.74) is 2.30. The third-order valence-electron chi connectivity index (χ3n) is 2.67. The Morgan fingerprint density at radius 1 is 1.43 bits per heavy atom. The van der Waals surface area contributed by atoms with Crippen LogP contribution in [0.4, 0.5) is 5.69 Å². The second kappa shape index (κ2) is 3.78. The molecule has 0 spiro atoms. The number of amidine groups is 1. The fourth-order valence-corrected chi connectivity index (χ4v) is 1.84. The van der Waals surface area contributed by atoms with Crippen molar-refractivity contribution in [1.29, 1.82) is 5.41 Å². The predicted octanol–water partition coefficient (Wildman–Crippen LogP) is 2.36. The Kier molecular flexibility index (Phi) is 2.48. The highest BCUT2D eigenvalue weighted by Gasteiger charge is 2.17. The molecule has 0 radical (unpaired) electrons. The first kappa shape index (κ1) is 9.19. The van der Waals surface area contributed by atoms with Crippen molar-refractivity contribution in [1.82, 2.24) is 4.98 Å². The van der Waals surface area contributed by atoms with E-state index in [4.69, 9.17) is 5.41 Å². The maximum Gasteiger partial charge on any atom is 0.100 e. The van der Waals surface area contributed by atoms with Crippen molar-refractivity contribution in [2.75, 3.05) is 11.4 Å². The second-order valence-corrected chi connectivity index (χ2v) is 3.72. The molecule has 2 heterocycles. The van der Waals surface area contributed by atoms with E-state index >= 15 is 0 Å². The number of hydrogen-bond acceptors (Lipinski definition) is 2. The monoisotopic (exact) mass is 189 g/mol. The lowest BCUT2D eigenvalue weighted by molar-refractivity contribution is 0.706. The maximum absolute atomic E-state index is 7.88. The Labute approximate surface area is 84.3 Å². The smallest absolute Gasteiger partial charge is 0.100 e. The number of nitrogens with one attached hydrogen (secondary N) is 1. The van der Waals surface area contributed by atoms with Crippen molar-refractivity contribution in [2.45, 2.75) is 26.2 Å². The van der Waals surface area contributed by atoms with Gasteiger partial charge in [-0.15, -0.1) is 0 Å². The van der Waals surface area contributed by atoms with Crippen LogP contribution in [0, 0.1) is 12.3 Å². The van der Waals surface area contributed by atoms with E-state index < -0.39 is 0 Å². The maximum atomic E-state index is 7.88. The first-order valence-electron chi connectivity index (χ1n) is 5.04. The molecule has 1 N–H and O–H groups in total. The molecule has 0 aromatic carbocycles. The summed E-state index contributed by atoms with van der Waals surface area (Å²) in [6.07, 6.45) is 6.88. The average Bonchev–Trinajstić information content (AvgIpc) is 2.20. The molecule has 0 aliphatic carbocycles. The van der Waals surface area contributed by atoms with Gasteiger partial charge in [-0.3, -0.25) is 10.4 Å². The van der Waals surface area contributed by atoms with Gasteiger partial charge in [-0.25, -0.2) is 0 Å². The van der Waals surface area contributed by atoms with E-state index in [1.54, 1.807) is 6.20 Å². The normalized spacial score (nSPS) is 17.2. The summed E-state index contributed by atoms with van der Waals surface area (Å²) in [6, 6.07) is 2.00. The molecule has 1 aromatic heterocycles. The lowest BCUT2D eigenvalue weighted by Gasteiger charge is -2.30. The Balaban J connectivity index is 2.29. The molecule has 74 valence electrons. The van der Waals surface area contributed by atoms with E-state index in [9.17, 15) is 0 Å². The second-order valence-electron chi connectivity index (χ2n) is 3.72. The van der Waals surface area contributed by atoms with Crippen molar-refractivity contribution < 1.29 is 0 Å². The van der Waals surface area contributed by atoms with E-state index in [0.717, 1.165) is 30.9 Å². The quantitative estimate of drug-likeness (QED) is 0.736. The van der Waals surface area contributed by atoms with Gasteiger partial charge in [-0.1, -0.05) is 0 Å². The fraction of sp³-hybridized carbons (Fsp3) is 0.455. The van der Waals surface area contributed by atoms with E-state index in [0.29, 0.717) is 0 Å². The molecule has 14 heavy (non-hydrogen) atoms. The van der Waals surface area contributed by atoms with Crippen LogP contribution in [0.5, 0.6) is 0 Å². The molecule has 3 nitrogen and oxygen atoms in total. The van der Waals surface area contributed by atoms with Crippen LogP contribution in [0.25, 0.3) is 0 Å². The minimum atomic E-state index is 0.729. The van der Waals surface area contributed by atoms with Gasteiger partial charge in [0.2, 0.25) is 0 Å². The third kappa shape index (κ3) is 1.62. The van der Waals surface area contributed by atoms with Crippen LogP contribution in [-0.2, 0) is 0 Å². The highest BCUT2D eigenvalue weighted by Crippen LogP contribution is 2.23. The van der Waals surface area contributed by atoms with Crippen LogP contribution >= 0.6 is 0 Å². The zero-order valence-electron chi connectivity index (χ0n) is 8.45. The molecule has 0 bridgehead atoms. The fourth-order valence-electron chi connectivity index (χ4n) is 1.84. The highest BCUT2D eigenvalue weighted by molar-refractivity contribution is 5.96. The minimum absolute atomic E-state index is 0.729.